The maximum atomic E-state index is 12.0. The van der Waals surface area contributed by atoms with Gasteiger partial charge in [0, 0.05) is 32.2 Å². The average molecular weight is 268 g/mol. The molecule has 2 heterocycles. The minimum Gasteiger partial charge on any atom is -0.383 e. The summed E-state index contributed by atoms with van der Waals surface area (Å²) in [6.45, 7) is 4.06. The second-order valence-electron chi connectivity index (χ2n) is 4.72. The molecule has 0 aliphatic carbocycles. The van der Waals surface area contributed by atoms with E-state index in [1.165, 1.54) is 5.56 Å². The molecule has 0 saturated carbocycles. The maximum Gasteiger partial charge on any atom is 0.317 e. The highest BCUT2D eigenvalue weighted by atomic mass is 32.1. The van der Waals surface area contributed by atoms with Crippen LogP contribution in [0, 0.1) is 0 Å². The van der Waals surface area contributed by atoms with Crippen LogP contribution in [0.3, 0.4) is 0 Å². The Bertz CT molecular complexity index is 380. The molecule has 0 spiro atoms. The Morgan fingerprint density at radius 1 is 1.67 bits per heavy atom. The molecule has 1 aliphatic rings. The molecule has 1 N–H and O–H groups in total. The van der Waals surface area contributed by atoms with Crippen molar-refractivity contribution in [3.63, 3.8) is 0 Å². The van der Waals surface area contributed by atoms with Crippen molar-refractivity contribution in [2.45, 2.75) is 25.3 Å². The summed E-state index contributed by atoms with van der Waals surface area (Å²) in [5.41, 5.74) is 1.36. The van der Waals surface area contributed by atoms with Crippen LogP contribution in [0.1, 0.15) is 24.8 Å². The minimum absolute atomic E-state index is 0.0253. The molecule has 1 saturated heterocycles. The van der Waals surface area contributed by atoms with Gasteiger partial charge in [-0.15, -0.1) is 0 Å². The number of nitrogens with zero attached hydrogens (tertiary/aromatic N) is 1. The second kappa shape index (κ2) is 6.20. The quantitative estimate of drug-likeness (QED) is 0.851. The number of amides is 2. The summed E-state index contributed by atoms with van der Waals surface area (Å²) in [6.07, 6.45) is 1.05. The zero-order chi connectivity index (χ0) is 13.0. The Morgan fingerprint density at radius 2 is 2.50 bits per heavy atom. The van der Waals surface area contributed by atoms with Gasteiger partial charge in [-0.3, -0.25) is 0 Å². The number of likely N-dealkylation sites (tertiary alicyclic amines) is 1. The van der Waals surface area contributed by atoms with Gasteiger partial charge in [-0.05, 0) is 35.7 Å². The zero-order valence-corrected chi connectivity index (χ0v) is 11.7. The van der Waals surface area contributed by atoms with Gasteiger partial charge in [-0.25, -0.2) is 4.79 Å². The van der Waals surface area contributed by atoms with Crippen molar-refractivity contribution in [1.82, 2.24) is 10.2 Å². The molecule has 0 bridgehead atoms. The predicted molar refractivity (Wildman–Crippen MR) is 73.1 cm³/mol. The Kier molecular flexibility index (Phi) is 4.60. The van der Waals surface area contributed by atoms with E-state index in [9.17, 15) is 4.79 Å². The first-order valence-electron chi connectivity index (χ1n) is 6.28. The van der Waals surface area contributed by atoms with E-state index in [4.69, 9.17) is 4.74 Å². The fourth-order valence-electron chi connectivity index (χ4n) is 2.42. The van der Waals surface area contributed by atoms with Crippen LogP contribution in [-0.4, -0.2) is 43.8 Å². The summed E-state index contributed by atoms with van der Waals surface area (Å²) in [5.74, 6) is 0.486. The number of carbonyl (C=O) groups excluding carboxylic acids is 1. The van der Waals surface area contributed by atoms with Gasteiger partial charge in [0.25, 0.3) is 0 Å². The molecule has 1 aromatic heterocycles. The van der Waals surface area contributed by atoms with Gasteiger partial charge in [0.05, 0.1) is 6.61 Å². The lowest BCUT2D eigenvalue weighted by molar-refractivity contribution is 0.178. The van der Waals surface area contributed by atoms with Crippen LogP contribution in [0.25, 0.3) is 0 Å². The number of rotatable bonds is 4. The summed E-state index contributed by atoms with van der Waals surface area (Å²) >= 11 is 1.72. The topological polar surface area (TPSA) is 41.6 Å². The van der Waals surface area contributed by atoms with Gasteiger partial charge >= 0.3 is 6.03 Å². The predicted octanol–water partition coefficient (Wildman–Crippen LogP) is 2.28. The third-order valence-electron chi connectivity index (χ3n) is 3.43. The number of nitrogens with one attached hydrogen (secondary N) is 1. The van der Waals surface area contributed by atoms with Crippen molar-refractivity contribution in [3.8, 4) is 0 Å². The SMILES string of the molecule is COCCNC(=O)N1CC(c2ccsc2)CC1C. The van der Waals surface area contributed by atoms with Crippen LogP contribution in [0.5, 0.6) is 0 Å². The first-order valence-corrected chi connectivity index (χ1v) is 7.22. The fourth-order valence-corrected chi connectivity index (χ4v) is 3.17. The summed E-state index contributed by atoms with van der Waals surface area (Å²) in [7, 11) is 1.64. The molecule has 0 radical (unpaired) electrons. The van der Waals surface area contributed by atoms with Crippen LogP contribution < -0.4 is 5.32 Å². The minimum atomic E-state index is 0.0253. The van der Waals surface area contributed by atoms with E-state index in [1.54, 1.807) is 18.4 Å². The van der Waals surface area contributed by atoms with E-state index in [2.05, 4.69) is 29.1 Å². The van der Waals surface area contributed by atoms with Crippen LogP contribution in [0.15, 0.2) is 16.8 Å². The van der Waals surface area contributed by atoms with Crippen LogP contribution in [0.2, 0.25) is 0 Å². The number of hydrogen-bond donors (Lipinski definition) is 1. The summed E-state index contributed by atoms with van der Waals surface area (Å²) < 4.78 is 4.93. The van der Waals surface area contributed by atoms with Crippen molar-refractivity contribution in [2.24, 2.45) is 0 Å². The molecule has 2 atom stereocenters. The first kappa shape index (κ1) is 13.4. The smallest absolute Gasteiger partial charge is 0.317 e. The third-order valence-corrected chi connectivity index (χ3v) is 4.13. The molecule has 1 aromatic rings. The van der Waals surface area contributed by atoms with Gasteiger partial charge < -0.3 is 15.0 Å². The van der Waals surface area contributed by atoms with E-state index in [-0.39, 0.29) is 6.03 Å². The second-order valence-corrected chi connectivity index (χ2v) is 5.50. The van der Waals surface area contributed by atoms with Crippen molar-refractivity contribution >= 4 is 17.4 Å². The van der Waals surface area contributed by atoms with Gasteiger partial charge in [-0.2, -0.15) is 11.3 Å². The van der Waals surface area contributed by atoms with E-state index < -0.39 is 0 Å². The number of hydrogen-bond acceptors (Lipinski definition) is 3. The van der Waals surface area contributed by atoms with E-state index in [1.807, 2.05) is 4.90 Å². The summed E-state index contributed by atoms with van der Waals surface area (Å²) in [5, 5.41) is 7.17. The van der Waals surface area contributed by atoms with Crippen molar-refractivity contribution in [1.29, 1.82) is 0 Å². The highest BCUT2D eigenvalue weighted by Crippen LogP contribution is 2.32. The van der Waals surface area contributed by atoms with Gasteiger partial charge in [0.1, 0.15) is 0 Å². The fraction of sp³-hybridized carbons (Fsp3) is 0.615. The Balaban J connectivity index is 1.88. The maximum absolute atomic E-state index is 12.0. The lowest BCUT2D eigenvalue weighted by Gasteiger charge is -2.21. The number of thiophene rings is 1. The number of methoxy groups -OCH3 is 1. The molecule has 1 aliphatic heterocycles. The number of carbonyl (C=O) groups is 1. The van der Waals surface area contributed by atoms with Crippen molar-refractivity contribution in [2.75, 3.05) is 26.8 Å². The normalized spacial score (nSPS) is 23.3. The molecule has 0 aromatic carbocycles. The molecule has 1 fully saturated rings. The molecular weight excluding hydrogens is 248 g/mol. The van der Waals surface area contributed by atoms with Gasteiger partial charge in [-0.1, -0.05) is 0 Å². The number of ether oxygens (including phenoxy) is 1. The van der Waals surface area contributed by atoms with Crippen LogP contribution >= 0.6 is 11.3 Å². The summed E-state index contributed by atoms with van der Waals surface area (Å²) in [6, 6.07) is 2.49. The molecule has 100 valence electrons. The largest absolute Gasteiger partial charge is 0.383 e. The lowest BCUT2D eigenvalue weighted by Crippen LogP contribution is -2.42. The Hall–Kier alpha value is -1.07. The molecule has 18 heavy (non-hydrogen) atoms. The van der Waals surface area contributed by atoms with Crippen LogP contribution in [-0.2, 0) is 4.74 Å². The average Bonchev–Trinajstić information content (AvgIpc) is 2.97. The number of urea groups is 1. The van der Waals surface area contributed by atoms with Crippen molar-refractivity contribution in [3.05, 3.63) is 22.4 Å². The lowest BCUT2D eigenvalue weighted by atomic mass is 10.00. The molecule has 5 heteroatoms. The van der Waals surface area contributed by atoms with E-state index in [0.29, 0.717) is 25.1 Å². The van der Waals surface area contributed by atoms with Crippen molar-refractivity contribution < 1.29 is 9.53 Å². The monoisotopic (exact) mass is 268 g/mol. The third kappa shape index (κ3) is 3.03. The molecule has 2 amide bonds. The highest BCUT2D eigenvalue weighted by Gasteiger charge is 2.33. The first-order chi connectivity index (χ1) is 8.72. The summed E-state index contributed by atoms with van der Waals surface area (Å²) in [4.78, 5) is 13.9. The Labute approximate surface area is 112 Å². The molecule has 2 rings (SSSR count). The Morgan fingerprint density at radius 3 is 3.17 bits per heavy atom. The van der Waals surface area contributed by atoms with E-state index in [0.717, 1.165) is 13.0 Å². The molecule has 2 unspecified atom stereocenters. The standard InChI is InChI=1S/C13H20N2O2S/c1-10-7-12(11-3-6-18-9-11)8-15(10)13(16)14-4-5-17-2/h3,6,9-10,12H,4-5,7-8H2,1-2H3,(H,14,16). The van der Waals surface area contributed by atoms with Crippen LogP contribution in [0.4, 0.5) is 4.79 Å². The van der Waals surface area contributed by atoms with Gasteiger partial charge in [0.15, 0.2) is 0 Å². The molecule has 4 nitrogen and oxygen atoms in total. The highest BCUT2D eigenvalue weighted by molar-refractivity contribution is 7.07. The van der Waals surface area contributed by atoms with E-state index >= 15 is 0 Å². The van der Waals surface area contributed by atoms with Gasteiger partial charge in [0.2, 0.25) is 0 Å². The molecular formula is C13H20N2O2S. The zero-order valence-electron chi connectivity index (χ0n) is 10.9.